The van der Waals surface area contributed by atoms with Gasteiger partial charge in [-0.2, -0.15) is 0 Å². The molecule has 1 aromatic rings. The monoisotopic (exact) mass is 471 g/mol. The normalized spacial score (nSPS) is 26.8. The molecular weight excluding hydrogens is 433 g/mol. The number of nitrogens with one attached hydrogen (secondary N) is 1. The number of benzene rings is 1. The van der Waals surface area contributed by atoms with Crippen LogP contribution in [-0.4, -0.2) is 66.0 Å². The molecule has 34 heavy (non-hydrogen) atoms. The van der Waals surface area contributed by atoms with E-state index in [-0.39, 0.29) is 42.1 Å². The summed E-state index contributed by atoms with van der Waals surface area (Å²) in [5.74, 6) is -0.589. The van der Waals surface area contributed by atoms with Gasteiger partial charge < -0.3 is 19.9 Å². The van der Waals surface area contributed by atoms with E-state index in [9.17, 15) is 14.0 Å². The maximum atomic E-state index is 13.6. The smallest absolute Gasteiger partial charge is 0.289 e. The van der Waals surface area contributed by atoms with Gasteiger partial charge in [0, 0.05) is 19.1 Å². The number of likely N-dealkylation sites (tertiary alicyclic amines) is 1. The van der Waals surface area contributed by atoms with Gasteiger partial charge in [-0.15, -0.1) is 0 Å². The van der Waals surface area contributed by atoms with Gasteiger partial charge in [-0.3, -0.25) is 9.59 Å². The van der Waals surface area contributed by atoms with Crippen molar-refractivity contribution < 1.29 is 18.7 Å². The first kappa shape index (κ1) is 24.7. The molecule has 0 aromatic heterocycles. The first-order valence-corrected chi connectivity index (χ1v) is 13.0. The second-order valence-corrected chi connectivity index (χ2v) is 9.80. The summed E-state index contributed by atoms with van der Waals surface area (Å²) in [5, 5.41) is 3.02. The molecule has 1 aliphatic carbocycles. The van der Waals surface area contributed by atoms with Crippen LogP contribution in [-0.2, 0) is 14.3 Å². The van der Waals surface area contributed by atoms with Crippen molar-refractivity contribution in [3.05, 3.63) is 41.4 Å². The van der Waals surface area contributed by atoms with Gasteiger partial charge in [0.1, 0.15) is 18.5 Å². The van der Waals surface area contributed by atoms with Crippen LogP contribution in [0.3, 0.4) is 0 Å². The van der Waals surface area contributed by atoms with E-state index in [1.54, 1.807) is 23.1 Å². The Hall–Kier alpha value is -2.41. The van der Waals surface area contributed by atoms with E-state index < -0.39 is 0 Å². The SMILES string of the molecule is CCC1CCCCN1CCCNC(=O)CN1C(=O)/C(=C\c2cccc(F)c2)OC2CCCCC21. The van der Waals surface area contributed by atoms with Gasteiger partial charge in [-0.1, -0.05) is 31.9 Å². The molecule has 3 aliphatic rings. The molecule has 1 N–H and O–H groups in total. The van der Waals surface area contributed by atoms with Crippen LogP contribution in [0.5, 0.6) is 0 Å². The zero-order chi connectivity index (χ0) is 23.9. The van der Waals surface area contributed by atoms with Gasteiger partial charge >= 0.3 is 0 Å². The summed E-state index contributed by atoms with van der Waals surface area (Å²) < 4.78 is 19.7. The standard InChI is InChI=1S/C27H38FN3O3/c1-2-22-11-5-6-15-30(22)16-8-14-29-26(32)19-31-23-12-3-4-13-24(23)34-25(27(31)33)18-20-9-7-10-21(28)17-20/h7,9-10,17-18,22-24H,2-6,8,11-16,19H2,1H3,(H,29,32)/b25-18+. The summed E-state index contributed by atoms with van der Waals surface area (Å²) in [6.45, 7) is 5.05. The summed E-state index contributed by atoms with van der Waals surface area (Å²) in [6, 6.07) is 6.67. The second kappa shape index (κ2) is 11.8. The molecule has 2 heterocycles. The van der Waals surface area contributed by atoms with E-state index in [0.29, 0.717) is 18.2 Å². The summed E-state index contributed by atoms with van der Waals surface area (Å²) in [4.78, 5) is 30.3. The number of morpholine rings is 1. The lowest BCUT2D eigenvalue weighted by Gasteiger charge is -2.44. The van der Waals surface area contributed by atoms with Crippen LogP contribution in [0.2, 0.25) is 0 Å². The van der Waals surface area contributed by atoms with Crippen molar-refractivity contribution in [1.82, 2.24) is 15.1 Å². The molecule has 2 saturated heterocycles. The largest absolute Gasteiger partial charge is 0.482 e. The van der Waals surface area contributed by atoms with Crippen molar-refractivity contribution in [2.75, 3.05) is 26.2 Å². The van der Waals surface area contributed by atoms with Crippen molar-refractivity contribution in [2.45, 2.75) is 82.9 Å². The van der Waals surface area contributed by atoms with Crippen molar-refractivity contribution in [1.29, 1.82) is 0 Å². The number of fused-ring (bicyclic) bond motifs is 1. The Morgan fingerprint density at radius 3 is 2.85 bits per heavy atom. The number of nitrogens with zero attached hydrogens (tertiary/aromatic N) is 2. The fraction of sp³-hybridized carbons (Fsp3) is 0.630. The Balaban J connectivity index is 1.34. The van der Waals surface area contributed by atoms with Gasteiger partial charge in [-0.05, 0) is 75.3 Å². The number of halogens is 1. The van der Waals surface area contributed by atoms with E-state index in [1.165, 1.54) is 37.8 Å². The van der Waals surface area contributed by atoms with Crippen molar-refractivity contribution in [3.8, 4) is 0 Å². The minimum absolute atomic E-state index is 0.0329. The average molecular weight is 472 g/mol. The number of piperidine rings is 1. The predicted octanol–water partition coefficient (Wildman–Crippen LogP) is 4.11. The van der Waals surface area contributed by atoms with Crippen LogP contribution >= 0.6 is 0 Å². The van der Waals surface area contributed by atoms with Crippen LogP contribution in [0, 0.1) is 5.82 Å². The maximum Gasteiger partial charge on any atom is 0.289 e. The number of rotatable bonds is 8. The number of hydrogen-bond acceptors (Lipinski definition) is 4. The van der Waals surface area contributed by atoms with Gasteiger partial charge in [0.05, 0.1) is 6.04 Å². The Morgan fingerprint density at radius 1 is 1.21 bits per heavy atom. The molecule has 7 heteroatoms. The molecule has 0 radical (unpaired) electrons. The van der Waals surface area contributed by atoms with Crippen molar-refractivity contribution in [2.24, 2.45) is 0 Å². The highest BCUT2D eigenvalue weighted by atomic mass is 19.1. The molecule has 4 rings (SSSR count). The molecule has 3 unspecified atom stereocenters. The third-order valence-electron chi connectivity index (χ3n) is 7.44. The summed E-state index contributed by atoms with van der Waals surface area (Å²) in [5.41, 5.74) is 0.574. The van der Waals surface area contributed by atoms with Gasteiger partial charge in [0.25, 0.3) is 5.91 Å². The minimum atomic E-state index is -0.362. The third kappa shape index (κ3) is 6.17. The van der Waals surface area contributed by atoms with Crippen molar-refractivity contribution >= 4 is 17.9 Å². The number of hydrogen-bond donors (Lipinski definition) is 1. The highest BCUT2D eigenvalue weighted by molar-refractivity contribution is 5.98. The molecule has 3 atom stereocenters. The molecule has 6 nitrogen and oxygen atoms in total. The summed E-state index contributed by atoms with van der Waals surface area (Å²) in [6.07, 6.45) is 11.2. The molecule has 0 spiro atoms. The molecule has 3 fully saturated rings. The number of ether oxygens (including phenoxy) is 1. The van der Waals surface area contributed by atoms with Crippen LogP contribution in [0.25, 0.3) is 6.08 Å². The molecule has 1 aromatic carbocycles. The zero-order valence-electron chi connectivity index (χ0n) is 20.3. The van der Waals surface area contributed by atoms with E-state index in [0.717, 1.165) is 45.2 Å². The van der Waals surface area contributed by atoms with Crippen LogP contribution in [0.4, 0.5) is 4.39 Å². The maximum absolute atomic E-state index is 13.6. The Bertz CT molecular complexity index is 890. The van der Waals surface area contributed by atoms with E-state index in [4.69, 9.17) is 4.74 Å². The lowest BCUT2D eigenvalue weighted by atomic mass is 9.89. The second-order valence-electron chi connectivity index (χ2n) is 9.80. The summed E-state index contributed by atoms with van der Waals surface area (Å²) >= 11 is 0. The third-order valence-corrected chi connectivity index (χ3v) is 7.44. The molecular formula is C27H38FN3O3. The number of amides is 2. The Kier molecular flexibility index (Phi) is 8.59. The van der Waals surface area contributed by atoms with Crippen LogP contribution < -0.4 is 5.32 Å². The topological polar surface area (TPSA) is 61.9 Å². The fourth-order valence-corrected chi connectivity index (χ4v) is 5.65. The van der Waals surface area contributed by atoms with E-state index in [2.05, 4.69) is 17.1 Å². The predicted molar refractivity (Wildman–Crippen MR) is 130 cm³/mol. The van der Waals surface area contributed by atoms with Crippen LogP contribution in [0.15, 0.2) is 30.0 Å². The highest BCUT2D eigenvalue weighted by Gasteiger charge is 2.42. The Morgan fingerprint density at radius 2 is 2.03 bits per heavy atom. The van der Waals surface area contributed by atoms with Gasteiger partial charge in [0.2, 0.25) is 5.91 Å². The molecule has 2 amide bonds. The van der Waals surface area contributed by atoms with E-state index >= 15 is 0 Å². The first-order chi connectivity index (χ1) is 16.5. The van der Waals surface area contributed by atoms with E-state index in [1.807, 2.05) is 0 Å². The minimum Gasteiger partial charge on any atom is -0.482 e. The molecule has 0 bridgehead atoms. The number of carbonyl (C=O) groups excluding carboxylic acids is 2. The average Bonchev–Trinajstić information content (AvgIpc) is 2.84. The lowest BCUT2D eigenvalue weighted by Crippen LogP contribution is -2.57. The van der Waals surface area contributed by atoms with Gasteiger partial charge in [0.15, 0.2) is 5.76 Å². The number of carbonyl (C=O) groups is 2. The van der Waals surface area contributed by atoms with Crippen LogP contribution in [0.1, 0.15) is 70.3 Å². The van der Waals surface area contributed by atoms with Crippen molar-refractivity contribution in [3.63, 3.8) is 0 Å². The first-order valence-electron chi connectivity index (χ1n) is 13.0. The Labute approximate surface area is 202 Å². The fourth-order valence-electron chi connectivity index (χ4n) is 5.65. The zero-order valence-corrected chi connectivity index (χ0v) is 20.3. The molecule has 1 saturated carbocycles. The van der Waals surface area contributed by atoms with Gasteiger partial charge in [-0.25, -0.2) is 4.39 Å². The molecule has 2 aliphatic heterocycles. The lowest BCUT2D eigenvalue weighted by molar-refractivity contribution is -0.151. The summed E-state index contributed by atoms with van der Waals surface area (Å²) in [7, 11) is 0. The molecule has 186 valence electrons. The highest BCUT2D eigenvalue weighted by Crippen LogP contribution is 2.33. The quantitative estimate of drug-likeness (QED) is 0.458.